The summed E-state index contributed by atoms with van der Waals surface area (Å²) in [5.41, 5.74) is 5.49. The summed E-state index contributed by atoms with van der Waals surface area (Å²) >= 11 is 0. The fraction of sp³-hybridized carbons (Fsp3) is 0.833. The molecular weight excluding hydrogens is 206 g/mol. The van der Waals surface area contributed by atoms with Crippen LogP contribution in [0.5, 0.6) is 0 Å². The highest BCUT2D eigenvalue weighted by Gasteiger charge is 2.27. The summed E-state index contributed by atoms with van der Waals surface area (Å²) in [5.74, 6) is -1.18. The monoisotopic (exact) mass is 228 g/mol. The Morgan fingerprint density at radius 3 is 2.44 bits per heavy atom. The molecule has 0 aromatic heterocycles. The first-order valence-corrected chi connectivity index (χ1v) is 5.89. The standard InChI is InChI=1S/C12H22NO3/c1-3-4-5-6-7-10(8-14)12(16)11(13)9(2)15/h9-11,15H,3-7,13H2,1-2H3/t9-,10?,11+/m1/s1. The van der Waals surface area contributed by atoms with Gasteiger partial charge in [-0.3, -0.25) is 9.59 Å². The summed E-state index contributed by atoms with van der Waals surface area (Å²) in [6.45, 7) is 3.54. The second kappa shape index (κ2) is 8.42. The number of hydrogen-bond acceptors (Lipinski definition) is 4. The first kappa shape index (κ1) is 15.3. The third-order valence-corrected chi connectivity index (χ3v) is 2.68. The van der Waals surface area contributed by atoms with Gasteiger partial charge in [0.25, 0.3) is 0 Å². The van der Waals surface area contributed by atoms with Crippen LogP contribution in [0.3, 0.4) is 0 Å². The van der Waals surface area contributed by atoms with Gasteiger partial charge in [0.2, 0.25) is 6.29 Å². The van der Waals surface area contributed by atoms with Gasteiger partial charge >= 0.3 is 0 Å². The van der Waals surface area contributed by atoms with Crippen molar-refractivity contribution >= 4 is 12.1 Å². The minimum Gasteiger partial charge on any atom is -0.391 e. The molecule has 0 aliphatic carbocycles. The van der Waals surface area contributed by atoms with E-state index in [2.05, 4.69) is 6.92 Å². The van der Waals surface area contributed by atoms with Gasteiger partial charge < -0.3 is 10.8 Å². The largest absolute Gasteiger partial charge is 0.391 e. The molecule has 0 spiro atoms. The summed E-state index contributed by atoms with van der Waals surface area (Å²) in [4.78, 5) is 22.3. The van der Waals surface area contributed by atoms with Crippen LogP contribution in [-0.4, -0.2) is 29.3 Å². The Labute approximate surface area is 97.2 Å². The van der Waals surface area contributed by atoms with Gasteiger partial charge in [-0.25, -0.2) is 0 Å². The molecule has 0 aromatic carbocycles. The van der Waals surface area contributed by atoms with E-state index in [-0.39, 0.29) is 0 Å². The predicted octanol–water partition coefficient (Wildman–Crippen LogP) is 0.960. The molecule has 0 bridgehead atoms. The lowest BCUT2D eigenvalue weighted by molar-refractivity contribution is -0.124. The van der Waals surface area contributed by atoms with Gasteiger partial charge in [0.1, 0.15) is 0 Å². The Hall–Kier alpha value is -0.740. The zero-order valence-electron chi connectivity index (χ0n) is 10.1. The maximum absolute atomic E-state index is 11.6. The van der Waals surface area contributed by atoms with E-state index < -0.39 is 23.8 Å². The molecule has 0 rings (SSSR count). The first-order valence-electron chi connectivity index (χ1n) is 5.89. The third kappa shape index (κ3) is 5.37. The van der Waals surface area contributed by atoms with Crippen molar-refractivity contribution in [2.45, 2.75) is 58.1 Å². The van der Waals surface area contributed by atoms with Gasteiger partial charge in [0.15, 0.2) is 5.78 Å². The van der Waals surface area contributed by atoms with Crippen molar-refractivity contribution < 1.29 is 14.7 Å². The van der Waals surface area contributed by atoms with Crippen molar-refractivity contribution in [2.24, 2.45) is 11.7 Å². The van der Waals surface area contributed by atoms with Crippen molar-refractivity contribution in [1.82, 2.24) is 0 Å². The van der Waals surface area contributed by atoms with Crippen LogP contribution in [0.1, 0.15) is 46.0 Å². The fourth-order valence-electron chi connectivity index (χ4n) is 1.50. The Balaban J connectivity index is 4.07. The molecule has 0 aromatic rings. The highest BCUT2D eigenvalue weighted by Crippen LogP contribution is 2.12. The van der Waals surface area contributed by atoms with E-state index in [0.717, 1.165) is 25.7 Å². The van der Waals surface area contributed by atoms with Gasteiger partial charge in [0.05, 0.1) is 18.1 Å². The second-order valence-corrected chi connectivity index (χ2v) is 4.19. The SMILES string of the molecule is CCCCCCC([C]=O)C(=O)[C@@H](N)[C@@H](C)O. The van der Waals surface area contributed by atoms with Crippen molar-refractivity contribution in [2.75, 3.05) is 0 Å². The van der Waals surface area contributed by atoms with E-state index in [4.69, 9.17) is 10.8 Å². The third-order valence-electron chi connectivity index (χ3n) is 2.68. The minimum absolute atomic E-state index is 0.401. The maximum atomic E-state index is 11.6. The molecule has 93 valence electrons. The summed E-state index contributed by atoms with van der Waals surface area (Å²) in [6.07, 6.45) is 5.33. The molecule has 0 aliphatic rings. The molecule has 16 heavy (non-hydrogen) atoms. The number of carbonyl (C=O) groups is 1. The van der Waals surface area contributed by atoms with Crippen LogP contribution < -0.4 is 5.73 Å². The Morgan fingerprint density at radius 1 is 1.38 bits per heavy atom. The minimum atomic E-state index is -0.974. The Morgan fingerprint density at radius 2 is 2.00 bits per heavy atom. The van der Waals surface area contributed by atoms with Crippen LogP contribution in [0.15, 0.2) is 0 Å². The van der Waals surface area contributed by atoms with Crippen LogP contribution in [0.2, 0.25) is 0 Å². The number of rotatable bonds is 9. The van der Waals surface area contributed by atoms with Gasteiger partial charge in [0, 0.05) is 0 Å². The quantitative estimate of drug-likeness (QED) is 0.455. The number of carbonyl (C=O) groups excluding carboxylic acids is 2. The van der Waals surface area contributed by atoms with Crippen LogP contribution in [0.25, 0.3) is 0 Å². The van der Waals surface area contributed by atoms with Crippen LogP contribution in [0.4, 0.5) is 0 Å². The van der Waals surface area contributed by atoms with Crippen molar-refractivity contribution in [1.29, 1.82) is 0 Å². The topological polar surface area (TPSA) is 80.4 Å². The molecule has 1 unspecified atom stereocenters. The molecule has 0 fully saturated rings. The summed E-state index contributed by atoms with van der Waals surface area (Å²) in [7, 11) is 0. The number of hydrogen-bond donors (Lipinski definition) is 2. The van der Waals surface area contributed by atoms with Gasteiger partial charge in [-0.15, -0.1) is 0 Å². The zero-order valence-corrected chi connectivity index (χ0v) is 10.1. The number of nitrogens with two attached hydrogens (primary N) is 1. The average Bonchev–Trinajstić information content (AvgIpc) is 2.27. The lowest BCUT2D eigenvalue weighted by atomic mass is 9.92. The predicted molar refractivity (Wildman–Crippen MR) is 62.6 cm³/mol. The average molecular weight is 228 g/mol. The number of aliphatic hydroxyl groups excluding tert-OH is 1. The summed E-state index contributed by atoms with van der Waals surface area (Å²) in [6, 6.07) is -0.974. The first-order chi connectivity index (χ1) is 7.54. The molecular formula is C12H22NO3. The van der Waals surface area contributed by atoms with E-state index in [1.54, 1.807) is 6.29 Å². The van der Waals surface area contributed by atoms with E-state index >= 15 is 0 Å². The molecule has 4 nitrogen and oxygen atoms in total. The zero-order chi connectivity index (χ0) is 12.6. The van der Waals surface area contributed by atoms with Crippen LogP contribution in [0, 0.1) is 5.92 Å². The number of aliphatic hydroxyl groups is 1. The van der Waals surface area contributed by atoms with Crippen LogP contribution in [-0.2, 0) is 9.59 Å². The normalized spacial score (nSPS) is 16.5. The maximum Gasteiger partial charge on any atom is 0.209 e. The molecule has 3 N–H and O–H groups in total. The molecule has 0 saturated heterocycles. The highest BCUT2D eigenvalue weighted by molar-refractivity contribution is 5.97. The number of unbranched alkanes of at least 4 members (excludes halogenated alkanes) is 3. The van der Waals surface area contributed by atoms with E-state index in [1.165, 1.54) is 6.92 Å². The van der Waals surface area contributed by atoms with E-state index in [1.807, 2.05) is 0 Å². The molecule has 4 heteroatoms. The van der Waals surface area contributed by atoms with Gasteiger partial charge in [-0.05, 0) is 13.3 Å². The molecule has 0 saturated carbocycles. The summed E-state index contributed by atoms with van der Waals surface area (Å²) < 4.78 is 0. The molecule has 3 atom stereocenters. The number of Topliss-reactive ketones (excluding diaryl/α,β-unsaturated/α-hetero) is 1. The fourth-order valence-corrected chi connectivity index (χ4v) is 1.50. The van der Waals surface area contributed by atoms with E-state index in [9.17, 15) is 9.59 Å². The van der Waals surface area contributed by atoms with Crippen molar-refractivity contribution in [3.05, 3.63) is 0 Å². The smallest absolute Gasteiger partial charge is 0.209 e. The lowest BCUT2D eigenvalue weighted by Gasteiger charge is -2.16. The van der Waals surface area contributed by atoms with Gasteiger partial charge in [-0.1, -0.05) is 32.6 Å². The van der Waals surface area contributed by atoms with Crippen molar-refractivity contribution in [3.63, 3.8) is 0 Å². The highest BCUT2D eigenvalue weighted by atomic mass is 16.3. The second-order valence-electron chi connectivity index (χ2n) is 4.19. The van der Waals surface area contributed by atoms with E-state index in [0.29, 0.717) is 6.42 Å². The molecule has 0 amide bonds. The summed E-state index contributed by atoms with van der Waals surface area (Å²) in [5, 5.41) is 9.17. The molecule has 0 heterocycles. The number of ketones is 1. The van der Waals surface area contributed by atoms with Crippen molar-refractivity contribution in [3.8, 4) is 0 Å². The Bertz CT molecular complexity index is 216. The van der Waals surface area contributed by atoms with Gasteiger partial charge in [-0.2, -0.15) is 0 Å². The molecule has 1 radical (unpaired) electrons. The lowest BCUT2D eigenvalue weighted by Crippen LogP contribution is -2.44. The van der Waals surface area contributed by atoms with Crippen LogP contribution >= 0.6 is 0 Å². The Kier molecular flexibility index (Phi) is 8.03. The molecule has 0 aliphatic heterocycles.